The number of ether oxygens (including phenoxy) is 1. The second-order valence-electron chi connectivity index (χ2n) is 14.8. The van der Waals surface area contributed by atoms with E-state index in [2.05, 4.69) is 73.8 Å². The Bertz CT molecular complexity index is 1940. The summed E-state index contributed by atoms with van der Waals surface area (Å²) < 4.78 is 43.4. The molecule has 7 rings (SSSR count). The average Bonchev–Trinajstić information content (AvgIpc) is 3.60. The fourth-order valence-corrected chi connectivity index (χ4v) is 7.81. The third-order valence-corrected chi connectivity index (χ3v) is 10.5. The predicted octanol–water partition coefficient (Wildman–Crippen LogP) is 6.03. The molecule has 53 heavy (non-hydrogen) atoms. The maximum Gasteiger partial charge on any atom is 0.490 e. The zero-order valence-corrected chi connectivity index (χ0v) is 29.8. The number of carbonyl (C=O) groups is 2. The summed E-state index contributed by atoms with van der Waals surface area (Å²) in [5.41, 5.74) is 12.8. The van der Waals surface area contributed by atoms with Crippen molar-refractivity contribution in [2.24, 2.45) is 0 Å². The van der Waals surface area contributed by atoms with Crippen molar-refractivity contribution < 1.29 is 27.5 Å². The lowest BCUT2D eigenvalue weighted by Crippen LogP contribution is -2.52. The molecule has 15 heteroatoms. The van der Waals surface area contributed by atoms with Crippen LogP contribution in [0.1, 0.15) is 78.7 Å². The number of fused-ring (bicyclic) bond motifs is 3. The lowest BCUT2D eigenvalue weighted by molar-refractivity contribution is -0.217. The first-order valence-electron chi connectivity index (χ1n) is 18.0. The number of nitrogens with zero attached hydrogens (tertiary/aromatic N) is 5. The van der Waals surface area contributed by atoms with Crippen molar-refractivity contribution in [2.75, 3.05) is 36.0 Å². The summed E-state index contributed by atoms with van der Waals surface area (Å²) in [6, 6.07) is 16.1. The van der Waals surface area contributed by atoms with E-state index in [0.29, 0.717) is 48.7 Å². The smallest absolute Gasteiger partial charge is 0.440 e. The number of likely N-dealkylation sites (tertiary alicyclic amines) is 2. The van der Waals surface area contributed by atoms with Crippen LogP contribution in [0.4, 0.5) is 30.5 Å². The Balaban J connectivity index is 0.879. The first kappa shape index (κ1) is 36.3. The number of piperidine rings is 2. The van der Waals surface area contributed by atoms with Crippen molar-refractivity contribution in [3.8, 4) is 11.4 Å². The van der Waals surface area contributed by atoms with E-state index in [1.807, 2.05) is 29.2 Å². The molecule has 1 unspecified atom stereocenters. The molecule has 2 fully saturated rings. The minimum absolute atomic E-state index is 0.0961. The van der Waals surface area contributed by atoms with E-state index in [-0.39, 0.29) is 23.3 Å². The number of carbonyl (C=O) groups excluding carboxylic acids is 2. The molecule has 4 aromatic rings. The molecule has 2 aliphatic heterocycles. The van der Waals surface area contributed by atoms with Crippen LogP contribution < -0.4 is 16.4 Å². The first-order chi connectivity index (χ1) is 25.3. The Kier molecular flexibility index (Phi) is 10.1. The number of rotatable bonds is 9. The highest BCUT2D eigenvalue weighted by Crippen LogP contribution is 2.43. The molecule has 0 bridgehead atoms. The van der Waals surface area contributed by atoms with Gasteiger partial charge in [-0.3, -0.25) is 19.7 Å². The molecule has 1 atom stereocenters. The molecular formula is C38H44F3N9O3. The van der Waals surface area contributed by atoms with E-state index in [4.69, 9.17) is 10.5 Å². The average molecular weight is 732 g/mol. The summed E-state index contributed by atoms with van der Waals surface area (Å²) in [6.45, 7) is 7.80. The normalized spacial score (nSPS) is 19.2. The zero-order valence-electron chi connectivity index (χ0n) is 29.8. The molecule has 5 N–H and O–H groups in total. The summed E-state index contributed by atoms with van der Waals surface area (Å²) in [7, 11) is 0. The highest BCUT2D eigenvalue weighted by atomic mass is 19.4. The van der Waals surface area contributed by atoms with Gasteiger partial charge >= 0.3 is 12.1 Å². The largest absolute Gasteiger partial charge is 0.490 e. The molecule has 3 aliphatic rings. The fourth-order valence-electron chi connectivity index (χ4n) is 7.81. The second-order valence-corrected chi connectivity index (χ2v) is 14.8. The third-order valence-electron chi connectivity index (χ3n) is 10.5. The predicted molar refractivity (Wildman–Crippen MR) is 194 cm³/mol. The molecule has 2 aromatic heterocycles. The molecule has 280 valence electrons. The van der Waals surface area contributed by atoms with Gasteiger partial charge in [0.25, 0.3) is 5.91 Å². The van der Waals surface area contributed by atoms with E-state index in [0.717, 1.165) is 67.7 Å². The summed E-state index contributed by atoms with van der Waals surface area (Å²) in [4.78, 5) is 37.8. The summed E-state index contributed by atoms with van der Waals surface area (Å²) in [5.74, 6) is -2.22. The number of hydrogen-bond donors (Lipinski definition) is 4. The number of halogens is 3. The lowest BCUT2D eigenvalue weighted by atomic mass is 9.73. The summed E-state index contributed by atoms with van der Waals surface area (Å²) in [5, 5.41) is 13.8. The van der Waals surface area contributed by atoms with Crippen LogP contribution >= 0.6 is 0 Å². The van der Waals surface area contributed by atoms with Crippen molar-refractivity contribution in [3.05, 3.63) is 82.7 Å². The van der Waals surface area contributed by atoms with Gasteiger partial charge in [-0.25, -0.2) is 14.8 Å². The van der Waals surface area contributed by atoms with Gasteiger partial charge in [-0.15, -0.1) is 0 Å². The van der Waals surface area contributed by atoms with Crippen molar-refractivity contribution in [3.63, 3.8) is 0 Å². The number of esters is 1. The van der Waals surface area contributed by atoms with Crippen molar-refractivity contribution in [1.29, 1.82) is 0 Å². The van der Waals surface area contributed by atoms with Gasteiger partial charge in [0.05, 0.1) is 5.69 Å². The molecule has 1 aliphatic carbocycles. The van der Waals surface area contributed by atoms with Crippen molar-refractivity contribution in [2.45, 2.75) is 89.3 Å². The molecule has 2 aromatic carbocycles. The molecular weight excluding hydrogens is 687 g/mol. The Labute approximate surface area is 305 Å². The van der Waals surface area contributed by atoms with Gasteiger partial charge in [0.1, 0.15) is 11.4 Å². The van der Waals surface area contributed by atoms with Crippen LogP contribution in [0.25, 0.3) is 11.4 Å². The van der Waals surface area contributed by atoms with Crippen molar-refractivity contribution in [1.82, 2.24) is 30.0 Å². The molecule has 0 saturated carbocycles. The van der Waals surface area contributed by atoms with Crippen LogP contribution in [-0.4, -0.2) is 79.9 Å². The minimum Gasteiger partial charge on any atom is -0.440 e. The van der Waals surface area contributed by atoms with Gasteiger partial charge in [-0.05, 0) is 98.0 Å². The summed E-state index contributed by atoms with van der Waals surface area (Å²) >= 11 is 0. The second kappa shape index (κ2) is 14.8. The number of H-pyrrole nitrogens is 1. The van der Waals surface area contributed by atoms with E-state index >= 15 is 0 Å². The number of anilines is 3. The quantitative estimate of drug-likeness (QED) is 0.150. The standard InChI is InChI=1S/C38H44F3N9O3/c1-37(2)19-25-21-44-36(42)46-31(25)32-30(37)33(48-47-32)34(51)45-27-12-6-23(7-13-27)20-43-26-10-8-24(9-11-26)22-49-17-14-28(15-18-49)50-16-4-3-5-29(50)53-35(52)38(39,40)41/h6-13,21,28-29,43H,3-5,14-20,22H2,1-2H3,(H,45,51)(H,47,48)(H2,42,44,46). The highest BCUT2D eigenvalue weighted by molar-refractivity contribution is 6.05. The van der Waals surface area contributed by atoms with Gasteiger partial charge in [0.2, 0.25) is 5.95 Å². The van der Waals surface area contributed by atoms with Crippen LogP contribution in [-0.2, 0) is 34.5 Å². The van der Waals surface area contributed by atoms with E-state index in [9.17, 15) is 22.8 Å². The first-order valence-corrected chi connectivity index (χ1v) is 18.0. The van der Waals surface area contributed by atoms with Crippen LogP contribution in [0.5, 0.6) is 0 Å². The van der Waals surface area contributed by atoms with E-state index in [1.165, 1.54) is 5.56 Å². The molecule has 0 radical (unpaired) electrons. The number of benzene rings is 2. The van der Waals surface area contributed by atoms with Crippen LogP contribution in [0, 0.1) is 0 Å². The van der Waals surface area contributed by atoms with Gasteiger partial charge in [-0.2, -0.15) is 18.3 Å². The van der Waals surface area contributed by atoms with Crippen LogP contribution in [0.15, 0.2) is 54.7 Å². The Hall–Kier alpha value is -5.02. The molecule has 4 heterocycles. The third kappa shape index (κ3) is 8.15. The Morgan fingerprint density at radius 2 is 1.66 bits per heavy atom. The van der Waals surface area contributed by atoms with Crippen LogP contribution in [0.2, 0.25) is 0 Å². The lowest BCUT2D eigenvalue weighted by Gasteiger charge is -2.43. The van der Waals surface area contributed by atoms with E-state index in [1.54, 1.807) is 6.20 Å². The molecule has 0 spiro atoms. The number of nitrogens with two attached hydrogens (primary N) is 1. The molecule has 12 nitrogen and oxygen atoms in total. The maximum absolute atomic E-state index is 13.4. The SMILES string of the molecule is CC1(C)Cc2cnc(N)nc2-c2n[nH]c(C(=O)Nc3ccc(CNc4ccc(CN5CCC(N6CCCCC6OC(=O)C(F)(F)F)CC5)cc4)cc3)c21. The van der Waals surface area contributed by atoms with Gasteiger partial charge < -0.3 is 21.1 Å². The molecule has 2 saturated heterocycles. The Morgan fingerprint density at radius 1 is 0.962 bits per heavy atom. The number of aromatic amines is 1. The number of hydrogen-bond acceptors (Lipinski definition) is 10. The number of aromatic nitrogens is 4. The monoisotopic (exact) mass is 731 g/mol. The molecule has 1 amide bonds. The summed E-state index contributed by atoms with van der Waals surface area (Å²) in [6.07, 6.45) is 0.289. The van der Waals surface area contributed by atoms with Crippen molar-refractivity contribution >= 4 is 29.2 Å². The number of nitrogen functional groups attached to an aromatic ring is 1. The maximum atomic E-state index is 13.4. The van der Waals surface area contributed by atoms with Gasteiger partial charge in [0, 0.05) is 48.8 Å². The number of nitrogens with one attached hydrogen (secondary N) is 3. The minimum atomic E-state index is -4.98. The van der Waals surface area contributed by atoms with Gasteiger partial charge in [-0.1, -0.05) is 38.1 Å². The van der Waals surface area contributed by atoms with Crippen LogP contribution in [0.3, 0.4) is 0 Å². The Morgan fingerprint density at radius 3 is 2.38 bits per heavy atom. The number of amides is 1. The topological polar surface area (TPSA) is 154 Å². The van der Waals surface area contributed by atoms with Gasteiger partial charge in [0.15, 0.2) is 6.23 Å². The van der Waals surface area contributed by atoms with E-state index < -0.39 is 18.4 Å². The zero-order chi connectivity index (χ0) is 37.3. The fraction of sp³-hybridized carbons (Fsp3) is 0.447. The highest BCUT2D eigenvalue weighted by Gasteiger charge is 2.44. The number of alkyl halides is 3.